The van der Waals surface area contributed by atoms with E-state index in [2.05, 4.69) is 15.5 Å². The highest BCUT2D eigenvalue weighted by Crippen LogP contribution is 2.22. The number of sulfonamides is 1. The molecule has 0 radical (unpaired) electrons. The first kappa shape index (κ1) is 20.3. The molecule has 0 aliphatic carbocycles. The van der Waals surface area contributed by atoms with Crippen molar-refractivity contribution in [3.05, 3.63) is 47.3 Å². The number of amides is 2. The molecular weight excluding hydrogens is 378 g/mol. The number of rotatable bonds is 5. The molecule has 0 bridgehead atoms. The van der Waals surface area contributed by atoms with Crippen LogP contribution in [-0.4, -0.2) is 66.6 Å². The smallest absolute Gasteiger partial charge is 0.317 e. The van der Waals surface area contributed by atoms with Crippen LogP contribution in [0, 0.1) is 13.8 Å². The first-order chi connectivity index (χ1) is 13.4. The zero-order valence-electron chi connectivity index (χ0n) is 16.3. The summed E-state index contributed by atoms with van der Waals surface area (Å²) in [6.07, 6.45) is 1.36. The van der Waals surface area contributed by atoms with Gasteiger partial charge in [-0.2, -0.15) is 9.40 Å². The number of benzene rings is 1. The molecule has 28 heavy (non-hydrogen) atoms. The number of nitrogens with zero attached hydrogens (tertiary/aromatic N) is 3. The van der Waals surface area contributed by atoms with E-state index >= 15 is 0 Å². The molecule has 152 valence electrons. The predicted molar refractivity (Wildman–Crippen MR) is 107 cm³/mol. The first-order valence-electron chi connectivity index (χ1n) is 9.48. The zero-order valence-corrected chi connectivity index (χ0v) is 17.1. The number of aromatic nitrogens is 2. The fourth-order valence-corrected chi connectivity index (χ4v) is 5.26. The summed E-state index contributed by atoms with van der Waals surface area (Å²) < 4.78 is 27.4. The summed E-state index contributed by atoms with van der Waals surface area (Å²) in [5, 5.41) is 9.66. The number of hydrogen-bond donors (Lipinski definition) is 2. The van der Waals surface area contributed by atoms with Gasteiger partial charge in [0.05, 0.1) is 11.4 Å². The lowest BCUT2D eigenvalue weighted by Gasteiger charge is -2.22. The number of urea groups is 1. The molecule has 3 rings (SSSR count). The van der Waals surface area contributed by atoms with E-state index in [-0.39, 0.29) is 17.5 Å². The fraction of sp³-hybridized carbons (Fsp3) is 0.474. The molecule has 2 aromatic rings. The molecule has 9 heteroatoms. The van der Waals surface area contributed by atoms with E-state index in [1.807, 2.05) is 30.3 Å². The Bertz CT molecular complexity index is 891. The van der Waals surface area contributed by atoms with Crippen molar-refractivity contribution in [2.24, 2.45) is 0 Å². The lowest BCUT2D eigenvalue weighted by molar-refractivity contribution is 0.200. The molecule has 2 heterocycles. The van der Waals surface area contributed by atoms with Gasteiger partial charge in [0.2, 0.25) is 10.0 Å². The summed E-state index contributed by atoms with van der Waals surface area (Å²) in [4.78, 5) is 14.4. The van der Waals surface area contributed by atoms with Gasteiger partial charge in [-0.3, -0.25) is 5.10 Å². The molecular formula is C19H27N5O3S. The van der Waals surface area contributed by atoms with Gasteiger partial charge in [-0.1, -0.05) is 30.3 Å². The molecule has 0 spiro atoms. The van der Waals surface area contributed by atoms with Crippen LogP contribution in [0.3, 0.4) is 0 Å². The molecule has 1 aliphatic rings. The molecule has 2 N–H and O–H groups in total. The first-order valence-corrected chi connectivity index (χ1v) is 10.9. The highest BCUT2D eigenvalue weighted by atomic mass is 32.2. The maximum atomic E-state index is 13.0. The Morgan fingerprint density at radius 2 is 1.89 bits per heavy atom. The van der Waals surface area contributed by atoms with Gasteiger partial charge in [0.1, 0.15) is 4.90 Å². The predicted octanol–water partition coefficient (Wildman–Crippen LogP) is 1.68. The quantitative estimate of drug-likeness (QED) is 0.791. The number of aryl methyl sites for hydroxylation is 2. The van der Waals surface area contributed by atoms with Gasteiger partial charge in [-0.05, 0) is 32.3 Å². The molecule has 1 aromatic heterocycles. The van der Waals surface area contributed by atoms with Crippen LogP contribution >= 0.6 is 0 Å². The lowest BCUT2D eigenvalue weighted by Crippen LogP contribution is -2.43. The largest absolute Gasteiger partial charge is 0.338 e. The van der Waals surface area contributed by atoms with Crippen molar-refractivity contribution >= 4 is 16.1 Å². The van der Waals surface area contributed by atoms with Crippen LogP contribution in [0.15, 0.2) is 35.2 Å². The number of nitrogens with one attached hydrogen (secondary N) is 2. The minimum Gasteiger partial charge on any atom is -0.338 e. The number of hydrogen-bond acceptors (Lipinski definition) is 4. The van der Waals surface area contributed by atoms with E-state index in [4.69, 9.17) is 0 Å². The van der Waals surface area contributed by atoms with E-state index in [0.29, 0.717) is 44.0 Å². The third-order valence-corrected chi connectivity index (χ3v) is 7.10. The van der Waals surface area contributed by atoms with E-state index in [0.717, 1.165) is 6.42 Å². The molecule has 0 saturated carbocycles. The average molecular weight is 406 g/mol. The van der Waals surface area contributed by atoms with E-state index in [1.165, 1.54) is 9.87 Å². The highest BCUT2D eigenvalue weighted by molar-refractivity contribution is 7.89. The monoisotopic (exact) mass is 405 g/mol. The van der Waals surface area contributed by atoms with Gasteiger partial charge < -0.3 is 10.2 Å². The van der Waals surface area contributed by atoms with Gasteiger partial charge in [0.25, 0.3) is 0 Å². The van der Waals surface area contributed by atoms with Crippen molar-refractivity contribution in [1.29, 1.82) is 0 Å². The van der Waals surface area contributed by atoms with Crippen molar-refractivity contribution in [3.8, 4) is 0 Å². The second-order valence-electron chi connectivity index (χ2n) is 6.98. The maximum Gasteiger partial charge on any atom is 0.317 e. The number of carbonyl (C=O) groups is 1. The van der Waals surface area contributed by atoms with Crippen LogP contribution in [0.4, 0.5) is 4.79 Å². The summed E-state index contributed by atoms with van der Waals surface area (Å²) in [5.41, 5.74) is 2.18. The Morgan fingerprint density at radius 3 is 2.57 bits per heavy atom. The Balaban J connectivity index is 1.56. The van der Waals surface area contributed by atoms with Crippen molar-refractivity contribution < 1.29 is 13.2 Å². The minimum atomic E-state index is -3.62. The summed E-state index contributed by atoms with van der Waals surface area (Å²) >= 11 is 0. The highest BCUT2D eigenvalue weighted by Gasteiger charge is 2.31. The van der Waals surface area contributed by atoms with Gasteiger partial charge in [0, 0.05) is 32.7 Å². The van der Waals surface area contributed by atoms with Gasteiger partial charge in [-0.15, -0.1) is 0 Å². The zero-order chi connectivity index (χ0) is 20.1. The molecule has 8 nitrogen and oxygen atoms in total. The number of H-pyrrole nitrogens is 1. The normalized spacial score (nSPS) is 16.0. The molecule has 1 aliphatic heterocycles. The maximum absolute atomic E-state index is 13.0. The molecule has 1 aromatic carbocycles. The average Bonchev–Trinajstić information content (AvgIpc) is 2.87. The molecule has 0 atom stereocenters. The second-order valence-corrected chi connectivity index (χ2v) is 8.85. The van der Waals surface area contributed by atoms with Gasteiger partial charge >= 0.3 is 6.03 Å². The molecule has 2 amide bonds. The van der Waals surface area contributed by atoms with Crippen LogP contribution in [0.1, 0.15) is 23.4 Å². The SMILES string of the molecule is Cc1n[nH]c(C)c1S(=O)(=O)N1CCCN(C(=O)NCCc2ccccc2)CC1. The van der Waals surface area contributed by atoms with E-state index in [9.17, 15) is 13.2 Å². The van der Waals surface area contributed by atoms with Crippen molar-refractivity contribution in [1.82, 2.24) is 24.7 Å². The van der Waals surface area contributed by atoms with E-state index in [1.54, 1.807) is 18.7 Å². The van der Waals surface area contributed by atoms with Crippen LogP contribution in [0.2, 0.25) is 0 Å². The van der Waals surface area contributed by atoms with Gasteiger partial charge in [0.15, 0.2) is 0 Å². The third-order valence-electron chi connectivity index (χ3n) is 4.93. The van der Waals surface area contributed by atoms with Crippen LogP contribution in [0.5, 0.6) is 0 Å². The van der Waals surface area contributed by atoms with Crippen LogP contribution < -0.4 is 5.32 Å². The molecule has 1 fully saturated rings. The Hall–Kier alpha value is -2.39. The van der Waals surface area contributed by atoms with E-state index < -0.39 is 10.0 Å². The summed E-state index contributed by atoms with van der Waals surface area (Å²) in [6, 6.07) is 9.83. The standard InChI is InChI=1S/C19H27N5O3S/c1-15-18(16(2)22-21-15)28(26,27)24-12-6-11-23(13-14-24)19(25)20-10-9-17-7-4-3-5-8-17/h3-5,7-8H,6,9-14H2,1-2H3,(H,20,25)(H,21,22). The number of aromatic amines is 1. The second kappa shape index (κ2) is 8.74. The minimum absolute atomic E-state index is 0.147. The molecule has 0 unspecified atom stereocenters. The summed E-state index contributed by atoms with van der Waals surface area (Å²) in [7, 11) is -3.62. The summed E-state index contributed by atoms with van der Waals surface area (Å²) in [5.74, 6) is 0. The van der Waals surface area contributed by atoms with Crippen molar-refractivity contribution in [2.45, 2.75) is 31.6 Å². The van der Waals surface area contributed by atoms with Gasteiger partial charge in [-0.25, -0.2) is 13.2 Å². The van der Waals surface area contributed by atoms with Crippen molar-refractivity contribution in [2.75, 3.05) is 32.7 Å². The molecule has 1 saturated heterocycles. The lowest BCUT2D eigenvalue weighted by atomic mass is 10.1. The van der Waals surface area contributed by atoms with Crippen LogP contribution in [-0.2, 0) is 16.4 Å². The Kier molecular flexibility index (Phi) is 6.35. The van der Waals surface area contributed by atoms with Crippen LogP contribution in [0.25, 0.3) is 0 Å². The third kappa shape index (κ3) is 4.53. The summed E-state index contributed by atoms with van der Waals surface area (Å²) in [6.45, 7) is 5.50. The number of carbonyl (C=O) groups excluding carboxylic acids is 1. The fourth-order valence-electron chi connectivity index (χ4n) is 3.46. The Labute approximate surface area is 166 Å². The topological polar surface area (TPSA) is 98.4 Å². The Morgan fingerprint density at radius 1 is 1.14 bits per heavy atom. The van der Waals surface area contributed by atoms with Crippen molar-refractivity contribution in [3.63, 3.8) is 0 Å².